The summed E-state index contributed by atoms with van der Waals surface area (Å²) in [5.41, 5.74) is 0. The first-order chi connectivity index (χ1) is 26.5. The number of nitrogens with one attached hydrogen (secondary N) is 1. The zero-order chi connectivity index (χ0) is 40.7. The van der Waals surface area contributed by atoms with Crippen molar-refractivity contribution in [2.75, 3.05) is 40.9 Å². The third-order valence-corrected chi connectivity index (χ3v) is 12.1. The molecule has 3 atom stereocenters. The number of carbonyl (C=O) groups excluding carboxylic acids is 1. The van der Waals surface area contributed by atoms with Crippen molar-refractivity contribution < 1.29 is 32.9 Å². The van der Waals surface area contributed by atoms with Gasteiger partial charge in [0.15, 0.2) is 0 Å². The van der Waals surface area contributed by atoms with Crippen LogP contribution < -0.4 is 5.32 Å². The van der Waals surface area contributed by atoms with Crippen molar-refractivity contribution in [1.82, 2.24) is 5.32 Å². The summed E-state index contributed by atoms with van der Waals surface area (Å²) in [6.07, 6.45) is 42.6. The van der Waals surface area contributed by atoms with E-state index >= 15 is 0 Å². The lowest BCUT2D eigenvalue weighted by Gasteiger charge is -2.26. The van der Waals surface area contributed by atoms with Gasteiger partial charge in [-0.2, -0.15) is 0 Å². The molecule has 55 heavy (non-hydrogen) atoms. The summed E-state index contributed by atoms with van der Waals surface area (Å²) >= 11 is 0. The lowest BCUT2D eigenvalue weighted by molar-refractivity contribution is -0.870. The molecule has 0 bridgehead atoms. The van der Waals surface area contributed by atoms with Crippen LogP contribution in [0.3, 0.4) is 0 Å². The number of likely N-dealkylation sites (N-methyl/N-ethyl adjacent to an activating group) is 1. The topological polar surface area (TPSA) is 105 Å². The predicted molar refractivity (Wildman–Crippen MR) is 236 cm³/mol. The molecular formula is C46H96N2O6P+. The van der Waals surface area contributed by atoms with E-state index in [1.54, 1.807) is 0 Å². The molecular weight excluding hydrogens is 707 g/mol. The number of hydrogen-bond acceptors (Lipinski definition) is 5. The van der Waals surface area contributed by atoms with E-state index in [4.69, 9.17) is 9.05 Å². The molecule has 0 aliphatic rings. The van der Waals surface area contributed by atoms with Gasteiger partial charge in [-0.3, -0.25) is 13.8 Å². The van der Waals surface area contributed by atoms with Crippen molar-refractivity contribution >= 4 is 13.7 Å². The van der Waals surface area contributed by atoms with Crippen molar-refractivity contribution in [2.24, 2.45) is 0 Å². The van der Waals surface area contributed by atoms with E-state index in [0.717, 1.165) is 38.5 Å². The minimum atomic E-state index is -4.31. The van der Waals surface area contributed by atoms with Gasteiger partial charge in [-0.15, -0.1) is 0 Å². The molecule has 3 N–H and O–H groups in total. The average molecular weight is 804 g/mol. The quantitative estimate of drug-likeness (QED) is 0.0322. The Morgan fingerprint density at radius 2 is 0.873 bits per heavy atom. The van der Waals surface area contributed by atoms with Gasteiger partial charge in [0.1, 0.15) is 13.2 Å². The molecule has 330 valence electrons. The van der Waals surface area contributed by atoms with Crippen LogP contribution in [0.5, 0.6) is 0 Å². The molecule has 0 saturated heterocycles. The van der Waals surface area contributed by atoms with Gasteiger partial charge in [-0.05, 0) is 12.8 Å². The smallest absolute Gasteiger partial charge is 0.391 e. The fraction of sp³-hybridized carbons (Fsp3) is 0.978. The Labute approximate surface area is 342 Å². The molecule has 0 aromatic rings. The highest BCUT2D eigenvalue weighted by atomic mass is 31.2. The number of aliphatic hydroxyl groups excluding tert-OH is 1. The number of hydrogen-bond donors (Lipinski definition) is 3. The number of aliphatic hydroxyl groups is 1. The van der Waals surface area contributed by atoms with Crippen LogP contribution >= 0.6 is 7.82 Å². The van der Waals surface area contributed by atoms with E-state index in [-0.39, 0.29) is 19.1 Å². The molecule has 0 heterocycles. The third-order valence-electron chi connectivity index (χ3n) is 11.1. The Bertz CT molecular complexity index is 870. The highest BCUT2D eigenvalue weighted by Crippen LogP contribution is 2.43. The largest absolute Gasteiger partial charge is 0.472 e. The Kier molecular flexibility index (Phi) is 38.6. The molecule has 0 fully saturated rings. The third kappa shape index (κ3) is 41.5. The number of amides is 1. The summed E-state index contributed by atoms with van der Waals surface area (Å²) in [4.78, 5) is 23.2. The normalized spacial score (nSPS) is 14.2. The van der Waals surface area contributed by atoms with Gasteiger partial charge in [0, 0.05) is 6.42 Å². The molecule has 0 saturated carbocycles. The zero-order valence-electron chi connectivity index (χ0n) is 37.4. The van der Waals surface area contributed by atoms with Crippen LogP contribution in [0.1, 0.15) is 239 Å². The molecule has 8 nitrogen and oxygen atoms in total. The van der Waals surface area contributed by atoms with Gasteiger partial charge in [0.25, 0.3) is 0 Å². The van der Waals surface area contributed by atoms with Crippen LogP contribution in [-0.4, -0.2) is 73.4 Å². The highest BCUT2D eigenvalue weighted by molar-refractivity contribution is 7.47. The molecule has 1 amide bonds. The molecule has 0 spiro atoms. The standard InChI is InChI=1S/C46H95N2O6P/c1-6-8-10-12-14-16-18-20-22-24-25-27-29-31-33-35-37-39-45(49)44(43-54-55(51,52)53-42-41-48(3,4)5)47-46(50)40-38-36-34-32-30-28-26-23-21-19-17-15-13-11-9-7-2/h44-45,49H,6-43H2,1-5H3,(H-,47,50,51,52)/p+1/t44-,45+/m0/s1. The summed E-state index contributed by atoms with van der Waals surface area (Å²) in [5.74, 6) is -0.140. The van der Waals surface area contributed by atoms with Gasteiger partial charge < -0.3 is 19.8 Å². The van der Waals surface area contributed by atoms with Crippen LogP contribution in [0.2, 0.25) is 0 Å². The maximum atomic E-state index is 12.9. The monoisotopic (exact) mass is 804 g/mol. The molecule has 0 radical (unpaired) electrons. The van der Waals surface area contributed by atoms with Gasteiger partial charge >= 0.3 is 7.82 Å². The molecule has 0 aromatic heterocycles. The van der Waals surface area contributed by atoms with Gasteiger partial charge in [-0.25, -0.2) is 4.57 Å². The Morgan fingerprint density at radius 1 is 0.545 bits per heavy atom. The second-order valence-corrected chi connectivity index (χ2v) is 19.3. The van der Waals surface area contributed by atoms with E-state index in [2.05, 4.69) is 19.2 Å². The van der Waals surface area contributed by atoms with Crippen LogP contribution in [0, 0.1) is 0 Å². The van der Waals surface area contributed by atoms with Gasteiger partial charge in [-0.1, -0.05) is 219 Å². The summed E-state index contributed by atoms with van der Waals surface area (Å²) in [5, 5.41) is 14.0. The van der Waals surface area contributed by atoms with E-state index in [9.17, 15) is 19.4 Å². The molecule has 0 aliphatic carbocycles. The van der Waals surface area contributed by atoms with Gasteiger partial charge in [0.05, 0.1) is 39.9 Å². The number of carbonyl (C=O) groups is 1. The first-order valence-electron chi connectivity index (χ1n) is 23.9. The number of phosphoric ester groups is 1. The Morgan fingerprint density at radius 3 is 1.22 bits per heavy atom. The van der Waals surface area contributed by atoms with Crippen molar-refractivity contribution in [2.45, 2.75) is 251 Å². The minimum absolute atomic E-state index is 0.0787. The second-order valence-electron chi connectivity index (χ2n) is 17.9. The molecule has 1 unspecified atom stereocenters. The summed E-state index contributed by atoms with van der Waals surface area (Å²) in [6.45, 7) is 4.92. The summed E-state index contributed by atoms with van der Waals surface area (Å²) < 4.78 is 23.7. The lowest BCUT2D eigenvalue weighted by atomic mass is 10.0. The molecule has 0 aliphatic heterocycles. The fourth-order valence-corrected chi connectivity index (χ4v) is 8.02. The van der Waals surface area contributed by atoms with Gasteiger partial charge in [0.2, 0.25) is 5.91 Å². The average Bonchev–Trinajstić information content (AvgIpc) is 3.13. The number of unbranched alkanes of at least 4 members (excludes halogenated alkanes) is 31. The molecule has 0 rings (SSSR count). The van der Waals surface area contributed by atoms with Crippen molar-refractivity contribution in [3.63, 3.8) is 0 Å². The first kappa shape index (κ1) is 54.5. The van der Waals surface area contributed by atoms with Crippen LogP contribution in [0.15, 0.2) is 0 Å². The maximum Gasteiger partial charge on any atom is 0.472 e. The lowest BCUT2D eigenvalue weighted by Crippen LogP contribution is -2.46. The van der Waals surface area contributed by atoms with Crippen LogP contribution in [-0.2, 0) is 18.4 Å². The highest BCUT2D eigenvalue weighted by Gasteiger charge is 2.28. The van der Waals surface area contributed by atoms with Crippen LogP contribution in [0.4, 0.5) is 0 Å². The van der Waals surface area contributed by atoms with E-state index in [1.165, 1.54) is 173 Å². The first-order valence-corrected chi connectivity index (χ1v) is 25.4. The maximum absolute atomic E-state index is 12.9. The Hall–Kier alpha value is -0.500. The van der Waals surface area contributed by atoms with Crippen molar-refractivity contribution in [3.8, 4) is 0 Å². The van der Waals surface area contributed by atoms with Crippen molar-refractivity contribution in [3.05, 3.63) is 0 Å². The van der Waals surface area contributed by atoms with E-state index in [1.807, 2.05) is 21.1 Å². The van der Waals surface area contributed by atoms with E-state index < -0.39 is 20.0 Å². The predicted octanol–water partition coefficient (Wildman–Crippen LogP) is 13.4. The number of nitrogens with zero attached hydrogens (tertiary/aromatic N) is 1. The Balaban J connectivity index is 4.29. The number of quaternary nitrogens is 1. The van der Waals surface area contributed by atoms with Crippen molar-refractivity contribution in [1.29, 1.82) is 0 Å². The number of phosphoric acid groups is 1. The molecule has 9 heteroatoms. The fourth-order valence-electron chi connectivity index (χ4n) is 7.28. The second kappa shape index (κ2) is 39.0. The molecule has 0 aromatic carbocycles. The number of rotatable bonds is 44. The minimum Gasteiger partial charge on any atom is -0.391 e. The summed E-state index contributed by atoms with van der Waals surface area (Å²) in [6, 6.07) is -0.753. The van der Waals surface area contributed by atoms with E-state index in [0.29, 0.717) is 23.9 Å². The summed E-state index contributed by atoms with van der Waals surface area (Å²) in [7, 11) is 1.63. The SMILES string of the molecule is CCCCCCCCCCCCCCCCCCC[C@@H](O)[C@H](COP(=O)(O)OCC[N+](C)(C)C)NC(=O)CCCCCCCCCCCCCCCCCC. The zero-order valence-corrected chi connectivity index (χ0v) is 38.3. The van der Waals surface area contributed by atoms with Crippen LogP contribution in [0.25, 0.3) is 0 Å².